The van der Waals surface area contributed by atoms with E-state index in [4.69, 9.17) is 0 Å². The molecule has 0 spiro atoms. The molecule has 92 valence electrons. The summed E-state index contributed by atoms with van der Waals surface area (Å²) in [6, 6.07) is 5.81. The molecular weight excluding hydrogens is 214 g/mol. The lowest BCUT2D eigenvalue weighted by Gasteiger charge is -2.15. The van der Waals surface area contributed by atoms with Crippen LogP contribution in [0.1, 0.15) is 37.5 Å². The number of rotatable bonds is 3. The predicted octanol–water partition coefficient (Wildman–Crippen LogP) is 2.29. The van der Waals surface area contributed by atoms with Gasteiger partial charge in [-0.05, 0) is 29.5 Å². The highest BCUT2D eigenvalue weighted by Crippen LogP contribution is 2.31. The van der Waals surface area contributed by atoms with Gasteiger partial charge in [-0.15, -0.1) is 0 Å². The van der Waals surface area contributed by atoms with Crippen molar-refractivity contribution in [3.63, 3.8) is 0 Å². The zero-order chi connectivity index (χ0) is 12.6. The van der Waals surface area contributed by atoms with Crippen molar-refractivity contribution in [2.75, 3.05) is 11.9 Å². The van der Waals surface area contributed by atoms with Crippen LogP contribution < -0.4 is 4.90 Å². The maximum atomic E-state index is 11.6. The van der Waals surface area contributed by atoms with E-state index < -0.39 is 6.10 Å². The molecule has 3 nitrogen and oxygen atoms in total. The highest BCUT2D eigenvalue weighted by atomic mass is 16.3. The second-order valence-electron chi connectivity index (χ2n) is 5.16. The largest absolute Gasteiger partial charge is 0.388 e. The molecule has 1 N–H and O–H groups in total. The van der Waals surface area contributed by atoms with Crippen LogP contribution in [0.5, 0.6) is 0 Å². The minimum atomic E-state index is -0.429. The Hall–Kier alpha value is -1.35. The molecule has 1 aromatic rings. The van der Waals surface area contributed by atoms with Gasteiger partial charge in [0, 0.05) is 12.7 Å². The standard InChI is InChI=1S/C14H19NO2/c1-9(2)6-13(16)10-4-5-12-11(7-10)8-14(17)15(12)3/h4-5,7,9,13,16H,6,8H2,1-3H3. The number of carbonyl (C=O) groups is 1. The third-order valence-corrected chi connectivity index (χ3v) is 3.26. The van der Waals surface area contributed by atoms with Gasteiger partial charge in [0.2, 0.25) is 5.91 Å². The Kier molecular flexibility index (Phi) is 3.20. The van der Waals surface area contributed by atoms with Gasteiger partial charge >= 0.3 is 0 Å². The number of hydrogen-bond acceptors (Lipinski definition) is 2. The number of likely N-dealkylation sites (N-methyl/N-ethyl adjacent to an activating group) is 1. The molecule has 1 heterocycles. The number of hydrogen-bond donors (Lipinski definition) is 1. The van der Waals surface area contributed by atoms with Crippen LogP contribution in [0.4, 0.5) is 5.69 Å². The zero-order valence-electron chi connectivity index (χ0n) is 10.6. The molecule has 1 aromatic carbocycles. The first-order chi connectivity index (χ1) is 7.99. The van der Waals surface area contributed by atoms with Crippen LogP contribution >= 0.6 is 0 Å². The van der Waals surface area contributed by atoms with Crippen LogP contribution in [0.3, 0.4) is 0 Å². The Morgan fingerprint density at radius 1 is 1.41 bits per heavy atom. The second kappa shape index (κ2) is 4.49. The van der Waals surface area contributed by atoms with E-state index in [1.807, 2.05) is 18.2 Å². The van der Waals surface area contributed by atoms with Crippen molar-refractivity contribution >= 4 is 11.6 Å². The summed E-state index contributed by atoms with van der Waals surface area (Å²) in [6.45, 7) is 4.18. The molecule has 0 fully saturated rings. The van der Waals surface area contributed by atoms with Crippen molar-refractivity contribution in [1.29, 1.82) is 0 Å². The van der Waals surface area contributed by atoms with Gasteiger partial charge in [-0.1, -0.05) is 26.0 Å². The summed E-state index contributed by atoms with van der Waals surface area (Å²) in [7, 11) is 1.79. The van der Waals surface area contributed by atoms with Crippen LogP contribution in [-0.4, -0.2) is 18.1 Å². The maximum absolute atomic E-state index is 11.6. The van der Waals surface area contributed by atoms with E-state index in [1.165, 1.54) is 0 Å². The van der Waals surface area contributed by atoms with Gasteiger partial charge in [-0.2, -0.15) is 0 Å². The molecule has 0 radical (unpaired) electrons. The van der Waals surface area contributed by atoms with Gasteiger partial charge in [-0.25, -0.2) is 0 Å². The lowest BCUT2D eigenvalue weighted by atomic mass is 9.97. The number of carbonyl (C=O) groups excluding carboxylic acids is 1. The van der Waals surface area contributed by atoms with Crippen LogP contribution in [0.15, 0.2) is 18.2 Å². The maximum Gasteiger partial charge on any atom is 0.231 e. The van der Waals surface area contributed by atoms with Crippen LogP contribution in [0, 0.1) is 5.92 Å². The average molecular weight is 233 g/mol. The summed E-state index contributed by atoms with van der Waals surface area (Å²) in [5, 5.41) is 10.1. The molecule has 0 aromatic heterocycles. The predicted molar refractivity (Wildman–Crippen MR) is 68.0 cm³/mol. The molecule has 1 unspecified atom stereocenters. The van der Waals surface area contributed by atoms with Gasteiger partial charge < -0.3 is 10.0 Å². The van der Waals surface area contributed by atoms with E-state index in [1.54, 1.807) is 11.9 Å². The summed E-state index contributed by atoms with van der Waals surface area (Å²) >= 11 is 0. The molecule has 2 rings (SSSR count). The molecule has 0 bridgehead atoms. The Labute approximate surface area is 102 Å². The van der Waals surface area contributed by atoms with E-state index in [0.29, 0.717) is 12.3 Å². The second-order valence-corrected chi connectivity index (χ2v) is 5.16. The lowest BCUT2D eigenvalue weighted by molar-refractivity contribution is -0.117. The van der Waals surface area contributed by atoms with Gasteiger partial charge in [-0.3, -0.25) is 4.79 Å². The Morgan fingerprint density at radius 3 is 2.76 bits per heavy atom. The first kappa shape index (κ1) is 12.1. The molecule has 1 aliphatic rings. The minimum Gasteiger partial charge on any atom is -0.388 e. The van der Waals surface area contributed by atoms with Crippen molar-refractivity contribution in [1.82, 2.24) is 0 Å². The van der Waals surface area contributed by atoms with Crippen molar-refractivity contribution in [2.45, 2.75) is 32.8 Å². The van der Waals surface area contributed by atoms with E-state index in [0.717, 1.165) is 23.2 Å². The fraction of sp³-hybridized carbons (Fsp3) is 0.500. The monoisotopic (exact) mass is 233 g/mol. The van der Waals surface area contributed by atoms with Gasteiger partial charge in [0.05, 0.1) is 12.5 Å². The normalized spacial score (nSPS) is 16.5. The fourth-order valence-electron chi connectivity index (χ4n) is 2.28. The van der Waals surface area contributed by atoms with E-state index in [9.17, 15) is 9.90 Å². The van der Waals surface area contributed by atoms with Crippen molar-refractivity contribution in [2.24, 2.45) is 5.92 Å². The molecule has 1 aliphatic heterocycles. The van der Waals surface area contributed by atoms with Crippen molar-refractivity contribution < 1.29 is 9.90 Å². The van der Waals surface area contributed by atoms with Crippen LogP contribution in [-0.2, 0) is 11.2 Å². The van der Waals surface area contributed by atoms with Crippen molar-refractivity contribution in [3.8, 4) is 0 Å². The summed E-state index contributed by atoms with van der Waals surface area (Å²) < 4.78 is 0. The number of amides is 1. The van der Waals surface area contributed by atoms with Gasteiger partial charge in [0.15, 0.2) is 0 Å². The van der Waals surface area contributed by atoms with Crippen molar-refractivity contribution in [3.05, 3.63) is 29.3 Å². The quantitative estimate of drug-likeness (QED) is 0.870. The zero-order valence-corrected chi connectivity index (χ0v) is 10.6. The summed E-state index contributed by atoms with van der Waals surface area (Å²) in [4.78, 5) is 13.2. The molecule has 17 heavy (non-hydrogen) atoms. The third kappa shape index (κ3) is 2.34. The third-order valence-electron chi connectivity index (χ3n) is 3.26. The Balaban J connectivity index is 2.24. The first-order valence-electron chi connectivity index (χ1n) is 6.06. The molecule has 1 amide bonds. The molecular formula is C14H19NO2. The Morgan fingerprint density at radius 2 is 2.12 bits per heavy atom. The lowest BCUT2D eigenvalue weighted by Crippen LogP contribution is -2.20. The smallest absolute Gasteiger partial charge is 0.231 e. The topological polar surface area (TPSA) is 40.5 Å². The van der Waals surface area contributed by atoms with E-state index in [2.05, 4.69) is 13.8 Å². The number of aliphatic hydroxyl groups is 1. The average Bonchev–Trinajstić information content (AvgIpc) is 2.53. The minimum absolute atomic E-state index is 0.121. The molecule has 0 aliphatic carbocycles. The first-order valence-corrected chi connectivity index (χ1v) is 6.06. The summed E-state index contributed by atoms with van der Waals surface area (Å²) in [5.74, 6) is 0.582. The number of benzene rings is 1. The molecule has 1 atom stereocenters. The number of nitrogens with zero attached hydrogens (tertiary/aromatic N) is 1. The highest BCUT2D eigenvalue weighted by Gasteiger charge is 2.24. The number of fused-ring (bicyclic) bond motifs is 1. The van der Waals surface area contributed by atoms with Gasteiger partial charge in [0.25, 0.3) is 0 Å². The fourth-order valence-corrected chi connectivity index (χ4v) is 2.28. The van der Waals surface area contributed by atoms with Crippen LogP contribution in [0.25, 0.3) is 0 Å². The van der Waals surface area contributed by atoms with E-state index >= 15 is 0 Å². The number of aliphatic hydroxyl groups excluding tert-OH is 1. The van der Waals surface area contributed by atoms with E-state index in [-0.39, 0.29) is 5.91 Å². The molecule has 0 saturated heterocycles. The Bertz CT molecular complexity index is 440. The molecule has 3 heteroatoms. The highest BCUT2D eigenvalue weighted by molar-refractivity contribution is 6.00. The van der Waals surface area contributed by atoms with Gasteiger partial charge in [0.1, 0.15) is 0 Å². The summed E-state index contributed by atoms with van der Waals surface area (Å²) in [5.41, 5.74) is 2.91. The number of anilines is 1. The summed E-state index contributed by atoms with van der Waals surface area (Å²) in [6.07, 6.45) is 0.776. The molecule has 0 saturated carbocycles. The van der Waals surface area contributed by atoms with Crippen LogP contribution in [0.2, 0.25) is 0 Å². The SMILES string of the molecule is CC(C)CC(O)c1ccc2c(c1)CC(=O)N2C.